The molecule has 0 fully saturated rings. The molecule has 0 bridgehead atoms. The van der Waals surface area contributed by atoms with E-state index in [1.807, 2.05) is 36.9 Å². The van der Waals surface area contributed by atoms with Crippen molar-refractivity contribution in [1.29, 1.82) is 0 Å². The molecule has 0 atom stereocenters. The second kappa shape index (κ2) is 7.09. The molecule has 0 saturated heterocycles. The molecule has 0 aliphatic heterocycles. The van der Waals surface area contributed by atoms with Gasteiger partial charge in [-0.25, -0.2) is 0 Å². The molecule has 114 valence electrons. The topological polar surface area (TPSA) is 53.1 Å². The number of nitrogens with two attached hydrogens (primary N) is 1. The third-order valence-electron chi connectivity index (χ3n) is 3.16. The third-order valence-corrected chi connectivity index (χ3v) is 4.68. The molecule has 1 aromatic heterocycles. The molecule has 1 heterocycles. The van der Waals surface area contributed by atoms with E-state index in [0.29, 0.717) is 6.61 Å². The molecular weight excluding hydrogens is 306 g/mol. The van der Waals surface area contributed by atoms with E-state index in [1.165, 1.54) is 0 Å². The minimum absolute atomic E-state index is 0.640. The number of anilines is 1. The fourth-order valence-electron chi connectivity index (χ4n) is 2.02. The normalized spacial score (nSPS) is 10.9. The summed E-state index contributed by atoms with van der Waals surface area (Å²) in [6, 6.07) is 5.72. The van der Waals surface area contributed by atoms with E-state index in [4.69, 9.17) is 22.1 Å². The highest BCUT2D eigenvalue weighted by Gasteiger charge is 2.14. The Labute approximate surface area is 134 Å². The van der Waals surface area contributed by atoms with Crippen LogP contribution in [0.4, 0.5) is 5.69 Å². The van der Waals surface area contributed by atoms with Gasteiger partial charge in [0.2, 0.25) is 0 Å². The zero-order valence-corrected chi connectivity index (χ0v) is 14.1. The molecule has 2 rings (SSSR count). The fourth-order valence-corrected chi connectivity index (χ4v) is 3.52. The summed E-state index contributed by atoms with van der Waals surface area (Å²) >= 11 is 8.01. The van der Waals surface area contributed by atoms with Crippen LogP contribution in [0.1, 0.15) is 25.2 Å². The van der Waals surface area contributed by atoms with Crippen molar-refractivity contribution in [3.63, 3.8) is 0 Å². The van der Waals surface area contributed by atoms with Crippen molar-refractivity contribution in [2.75, 3.05) is 12.3 Å². The lowest BCUT2D eigenvalue weighted by molar-refractivity contribution is 0.339. The van der Waals surface area contributed by atoms with Crippen LogP contribution < -0.4 is 10.5 Å². The minimum Gasteiger partial charge on any atom is -0.494 e. The van der Waals surface area contributed by atoms with Gasteiger partial charge in [0.25, 0.3) is 0 Å². The van der Waals surface area contributed by atoms with Crippen LogP contribution in [0.15, 0.2) is 23.1 Å². The Morgan fingerprint density at radius 3 is 2.76 bits per heavy atom. The van der Waals surface area contributed by atoms with Crippen LogP contribution in [0.5, 0.6) is 5.75 Å². The number of thioether (sulfide) groups is 1. The van der Waals surface area contributed by atoms with Gasteiger partial charge in [0.15, 0.2) is 0 Å². The molecule has 0 aliphatic rings. The summed E-state index contributed by atoms with van der Waals surface area (Å²) in [5.41, 5.74) is 8.72. The van der Waals surface area contributed by atoms with Crippen LogP contribution >= 0.6 is 23.4 Å². The molecule has 2 aromatic rings. The van der Waals surface area contributed by atoms with Gasteiger partial charge in [-0.1, -0.05) is 18.5 Å². The van der Waals surface area contributed by atoms with Crippen molar-refractivity contribution in [2.45, 2.75) is 30.9 Å². The number of nitrogens with zero attached hydrogens (tertiary/aromatic N) is 2. The van der Waals surface area contributed by atoms with Crippen molar-refractivity contribution < 1.29 is 4.74 Å². The third kappa shape index (κ3) is 3.66. The average molecular weight is 326 g/mol. The van der Waals surface area contributed by atoms with Gasteiger partial charge in [0.05, 0.1) is 23.0 Å². The number of aromatic nitrogens is 2. The van der Waals surface area contributed by atoms with Gasteiger partial charge >= 0.3 is 0 Å². The van der Waals surface area contributed by atoms with E-state index in [9.17, 15) is 0 Å². The highest BCUT2D eigenvalue weighted by molar-refractivity contribution is 7.98. The summed E-state index contributed by atoms with van der Waals surface area (Å²) in [6.45, 7) is 4.65. The number of aryl methyl sites for hydroxylation is 2. The number of hydrogen-bond donors (Lipinski definition) is 1. The zero-order valence-electron chi connectivity index (χ0n) is 12.5. The highest BCUT2D eigenvalue weighted by Crippen LogP contribution is 2.33. The number of halogens is 1. The Kier molecular flexibility index (Phi) is 5.42. The first-order chi connectivity index (χ1) is 10.1. The van der Waals surface area contributed by atoms with Crippen LogP contribution in [0, 0.1) is 0 Å². The monoisotopic (exact) mass is 325 g/mol. The largest absolute Gasteiger partial charge is 0.494 e. The lowest BCUT2D eigenvalue weighted by atomic mass is 10.3. The molecule has 0 unspecified atom stereocenters. The van der Waals surface area contributed by atoms with Gasteiger partial charge in [-0.3, -0.25) is 4.68 Å². The summed E-state index contributed by atoms with van der Waals surface area (Å²) in [5.74, 6) is 1.56. The van der Waals surface area contributed by atoms with Crippen LogP contribution in [-0.2, 0) is 19.2 Å². The van der Waals surface area contributed by atoms with Gasteiger partial charge in [-0.2, -0.15) is 5.10 Å². The number of hydrogen-bond acceptors (Lipinski definition) is 4. The molecule has 0 radical (unpaired) electrons. The molecule has 0 saturated carbocycles. The maximum Gasteiger partial charge on any atom is 0.120 e. The second-order valence-electron chi connectivity index (χ2n) is 4.61. The van der Waals surface area contributed by atoms with Gasteiger partial charge < -0.3 is 10.5 Å². The SMILES string of the molecule is CCOc1ccc(N)c(SCc2c(Cl)c(CC)nn2C)c1. The van der Waals surface area contributed by atoms with Crippen LogP contribution in [0.25, 0.3) is 0 Å². The number of benzene rings is 1. The Hall–Kier alpha value is -1.33. The summed E-state index contributed by atoms with van der Waals surface area (Å²) in [7, 11) is 1.92. The first-order valence-electron chi connectivity index (χ1n) is 6.92. The first kappa shape index (κ1) is 16.0. The Morgan fingerprint density at radius 2 is 2.14 bits per heavy atom. The Balaban J connectivity index is 2.16. The zero-order chi connectivity index (χ0) is 15.4. The summed E-state index contributed by atoms with van der Waals surface area (Å²) < 4.78 is 7.35. The van der Waals surface area contributed by atoms with E-state index in [-0.39, 0.29) is 0 Å². The molecule has 0 spiro atoms. The van der Waals surface area contributed by atoms with Crippen molar-refractivity contribution in [2.24, 2.45) is 7.05 Å². The van der Waals surface area contributed by atoms with Crippen molar-refractivity contribution in [1.82, 2.24) is 9.78 Å². The summed E-state index contributed by atoms with van der Waals surface area (Å²) in [6.07, 6.45) is 0.833. The molecular formula is C15H20ClN3OS. The number of nitrogen functional groups attached to an aromatic ring is 1. The van der Waals surface area contributed by atoms with Gasteiger partial charge in [-0.15, -0.1) is 11.8 Å². The lowest BCUT2D eigenvalue weighted by Crippen LogP contribution is -1.98. The van der Waals surface area contributed by atoms with E-state index >= 15 is 0 Å². The van der Waals surface area contributed by atoms with Crippen molar-refractivity contribution >= 4 is 29.1 Å². The molecule has 6 heteroatoms. The maximum absolute atomic E-state index is 6.36. The molecule has 0 aliphatic carbocycles. The van der Waals surface area contributed by atoms with Crippen molar-refractivity contribution in [3.05, 3.63) is 34.6 Å². The van der Waals surface area contributed by atoms with Crippen LogP contribution in [0.3, 0.4) is 0 Å². The van der Waals surface area contributed by atoms with Gasteiger partial charge in [-0.05, 0) is 31.5 Å². The predicted molar refractivity (Wildman–Crippen MR) is 89.2 cm³/mol. The summed E-state index contributed by atoms with van der Waals surface area (Å²) in [4.78, 5) is 0.997. The maximum atomic E-state index is 6.36. The second-order valence-corrected chi connectivity index (χ2v) is 6.00. The first-order valence-corrected chi connectivity index (χ1v) is 8.28. The molecule has 4 nitrogen and oxygen atoms in total. The smallest absolute Gasteiger partial charge is 0.120 e. The molecule has 21 heavy (non-hydrogen) atoms. The van der Waals surface area contributed by atoms with E-state index in [2.05, 4.69) is 12.0 Å². The molecule has 0 amide bonds. The highest BCUT2D eigenvalue weighted by atomic mass is 35.5. The van der Waals surface area contributed by atoms with E-state index < -0.39 is 0 Å². The van der Waals surface area contributed by atoms with Gasteiger partial charge in [0, 0.05) is 23.4 Å². The molecule has 2 N–H and O–H groups in total. The van der Waals surface area contributed by atoms with Gasteiger partial charge in [0.1, 0.15) is 5.75 Å². The summed E-state index contributed by atoms with van der Waals surface area (Å²) in [5, 5.41) is 5.18. The minimum atomic E-state index is 0.640. The lowest BCUT2D eigenvalue weighted by Gasteiger charge is -2.09. The standard InChI is InChI=1S/C15H20ClN3OS/c1-4-12-15(16)13(19(3)18-12)9-21-14-8-10(20-5-2)6-7-11(14)17/h6-8H,4-5,9,17H2,1-3H3. The Bertz CT molecular complexity index is 628. The van der Waals surface area contributed by atoms with E-state index in [1.54, 1.807) is 11.8 Å². The van der Waals surface area contributed by atoms with Crippen molar-refractivity contribution in [3.8, 4) is 5.75 Å². The number of ether oxygens (including phenoxy) is 1. The van der Waals surface area contributed by atoms with E-state index in [0.717, 1.165) is 44.9 Å². The molecule has 1 aromatic carbocycles. The van der Waals surface area contributed by atoms with Crippen LogP contribution in [-0.4, -0.2) is 16.4 Å². The Morgan fingerprint density at radius 1 is 1.38 bits per heavy atom. The predicted octanol–water partition coefficient (Wildman–Crippen LogP) is 3.91. The van der Waals surface area contributed by atoms with Crippen LogP contribution in [0.2, 0.25) is 5.02 Å². The fraction of sp³-hybridized carbons (Fsp3) is 0.400. The average Bonchev–Trinajstić information content (AvgIpc) is 2.74. The number of rotatable bonds is 6. The quantitative estimate of drug-likeness (QED) is 0.646.